The predicted octanol–water partition coefficient (Wildman–Crippen LogP) is 2.04. The van der Waals surface area contributed by atoms with Gasteiger partial charge < -0.3 is 5.32 Å². The first-order valence-corrected chi connectivity index (χ1v) is 9.08. The van der Waals surface area contributed by atoms with Crippen LogP contribution in [0.4, 0.5) is 0 Å². The Kier molecular flexibility index (Phi) is 5.46. The molecule has 0 spiro atoms. The first kappa shape index (κ1) is 16.1. The summed E-state index contributed by atoms with van der Waals surface area (Å²) in [7, 11) is -3.53. The fraction of sp³-hybridized carbons (Fsp3) is 0.357. The van der Waals surface area contributed by atoms with Gasteiger partial charge in [0.05, 0.1) is 11.4 Å². The van der Waals surface area contributed by atoms with E-state index in [4.69, 9.17) is 0 Å². The molecule has 2 aromatic rings. The summed E-state index contributed by atoms with van der Waals surface area (Å²) in [5.41, 5.74) is 1.67. The van der Waals surface area contributed by atoms with Crippen molar-refractivity contribution < 1.29 is 8.42 Å². The van der Waals surface area contributed by atoms with Crippen molar-refractivity contribution in [3.05, 3.63) is 45.9 Å². The van der Waals surface area contributed by atoms with Gasteiger partial charge in [0.1, 0.15) is 5.01 Å². The molecule has 1 aromatic heterocycles. The van der Waals surface area contributed by atoms with E-state index in [1.165, 1.54) is 11.3 Å². The predicted molar refractivity (Wildman–Crippen MR) is 84.7 cm³/mol. The van der Waals surface area contributed by atoms with E-state index in [9.17, 15) is 8.42 Å². The molecule has 7 heteroatoms. The minimum atomic E-state index is -3.53. The SMILES string of the molecule is CCNCc1ccccc1S(=O)(=O)NCc1nc(C)cs1. The van der Waals surface area contributed by atoms with Crippen LogP contribution in [-0.2, 0) is 23.1 Å². The maximum absolute atomic E-state index is 12.4. The van der Waals surface area contributed by atoms with Gasteiger partial charge in [-0.15, -0.1) is 11.3 Å². The Morgan fingerprint density at radius 2 is 2.00 bits per heavy atom. The van der Waals surface area contributed by atoms with Gasteiger partial charge in [-0.1, -0.05) is 25.1 Å². The van der Waals surface area contributed by atoms with Gasteiger partial charge >= 0.3 is 0 Å². The van der Waals surface area contributed by atoms with Gasteiger partial charge in [0.2, 0.25) is 10.0 Å². The number of hydrogen-bond donors (Lipinski definition) is 2. The van der Waals surface area contributed by atoms with Crippen LogP contribution < -0.4 is 10.0 Å². The van der Waals surface area contributed by atoms with Gasteiger partial charge in [-0.3, -0.25) is 0 Å². The topological polar surface area (TPSA) is 71.1 Å². The summed E-state index contributed by atoms with van der Waals surface area (Å²) in [6, 6.07) is 7.03. The van der Waals surface area contributed by atoms with Crippen LogP contribution in [0, 0.1) is 6.92 Å². The third-order valence-electron chi connectivity index (χ3n) is 2.91. The second kappa shape index (κ2) is 7.13. The van der Waals surface area contributed by atoms with E-state index in [0.29, 0.717) is 11.4 Å². The fourth-order valence-electron chi connectivity index (χ4n) is 1.89. The Bertz CT molecular complexity index is 696. The van der Waals surface area contributed by atoms with Crippen molar-refractivity contribution in [1.29, 1.82) is 0 Å². The van der Waals surface area contributed by atoms with Crippen molar-refractivity contribution in [2.45, 2.75) is 31.8 Å². The molecule has 2 rings (SSSR count). The van der Waals surface area contributed by atoms with Gasteiger partial charge in [0.15, 0.2) is 0 Å². The summed E-state index contributed by atoms with van der Waals surface area (Å²) in [5.74, 6) is 0. The minimum absolute atomic E-state index is 0.219. The molecule has 0 bridgehead atoms. The molecule has 0 aliphatic carbocycles. The molecule has 2 N–H and O–H groups in total. The molecular weight excluding hydrogens is 306 g/mol. The summed E-state index contributed by atoms with van der Waals surface area (Å²) in [4.78, 5) is 4.58. The van der Waals surface area contributed by atoms with E-state index in [1.807, 2.05) is 31.4 Å². The molecule has 1 aromatic carbocycles. The van der Waals surface area contributed by atoms with E-state index in [1.54, 1.807) is 12.1 Å². The van der Waals surface area contributed by atoms with Crippen molar-refractivity contribution >= 4 is 21.4 Å². The van der Waals surface area contributed by atoms with E-state index < -0.39 is 10.0 Å². The normalized spacial score (nSPS) is 11.7. The average molecular weight is 325 g/mol. The van der Waals surface area contributed by atoms with Gasteiger partial charge in [-0.25, -0.2) is 18.1 Å². The van der Waals surface area contributed by atoms with Gasteiger partial charge in [-0.2, -0.15) is 0 Å². The van der Waals surface area contributed by atoms with E-state index in [0.717, 1.165) is 22.8 Å². The number of thiazole rings is 1. The molecule has 0 amide bonds. The Morgan fingerprint density at radius 1 is 1.24 bits per heavy atom. The second-order valence-corrected chi connectivity index (χ2v) is 7.27. The molecule has 0 radical (unpaired) electrons. The summed E-state index contributed by atoms with van der Waals surface area (Å²) in [6.45, 7) is 5.42. The Labute approximate surface area is 129 Å². The number of sulfonamides is 1. The highest BCUT2D eigenvalue weighted by Gasteiger charge is 2.18. The first-order valence-electron chi connectivity index (χ1n) is 6.72. The Morgan fingerprint density at radius 3 is 2.67 bits per heavy atom. The van der Waals surface area contributed by atoms with Crippen molar-refractivity contribution in [2.24, 2.45) is 0 Å². The second-order valence-electron chi connectivity index (χ2n) is 4.60. The standard InChI is InChI=1S/C14H19N3O2S2/c1-3-15-8-12-6-4-5-7-13(12)21(18,19)16-9-14-17-11(2)10-20-14/h4-7,10,15-16H,3,8-9H2,1-2H3. The van der Waals surface area contributed by atoms with E-state index in [-0.39, 0.29) is 6.54 Å². The molecule has 0 aliphatic heterocycles. The molecule has 0 saturated heterocycles. The number of nitrogens with one attached hydrogen (secondary N) is 2. The quantitative estimate of drug-likeness (QED) is 0.817. The smallest absolute Gasteiger partial charge is 0.241 e. The third kappa shape index (κ3) is 4.34. The number of aryl methyl sites for hydroxylation is 1. The number of aromatic nitrogens is 1. The first-order chi connectivity index (χ1) is 10.0. The zero-order chi connectivity index (χ0) is 15.3. The highest BCUT2D eigenvalue weighted by Crippen LogP contribution is 2.16. The van der Waals surface area contributed by atoms with Crippen LogP contribution in [0.2, 0.25) is 0 Å². The third-order valence-corrected chi connectivity index (χ3v) is 5.38. The molecule has 0 saturated carbocycles. The lowest BCUT2D eigenvalue weighted by atomic mass is 10.2. The minimum Gasteiger partial charge on any atom is -0.313 e. The fourth-order valence-corrected chi connectivity index (χ4v) is 3.92. The maximum atomic E-state index is 12.4. The molecule has 5 nitrogen and oxygen atoms in total. The van der Waals surface area contributed by atoms with Crippen molar-refractivity contribution in [1.82, 2.24) is 15.0 Å². The van der Waals surface area contributed by atoms with Crippen LogP contribution in [0.5, 0.6) is 0 Å². The highest BCUT2D eigenvalue weighted by molar-refractivity contribution is 7.89. The van der Waals surface area contributed by atoms with Crippen LogP contribution in [0.25, 0.3) is 0 Å². The van der Waals surface area contributed by atoms with Crippen LogP contribution in [-0.4, -0.2) is 19.9 Å². The monoisotopic (exact) mass is 325 g/mol. The Balaban J connectivity index is 2.15. The summed E-state index contributed by atoms with van der Waals surface area (Å²) in [5, 5.41) is 5.82. The maximum Gasteiger partial charge on any atom is 0.241 e. The zero-order valence-corrected chi connectivity index (χ0v) is 13.7. The zero-order valence-electron chi connectivity index (χ0n) is 12.1. The van der Waals surface area contributed by atoms with Gasteiger partial charge in [0, 0.05) is 17.6 Å². The number of benzene rings is 1. The lowest BCUT2D eigenvalue weighted by Crippen LogP contribution is -2.25. The number of rotatable bonds is 7. The van der Waals surface area contributed by atoms with Crippen molar-refractivity contribution in [3.8, 4) is 0 Å². The van der Waals surface area contributed by atoms with E-state index >= 15 is 0 Å². The van der Waals surface area contributed by atoms with Crippen LogP contribution in [0.15, 0.2) is 34.5 Å². The van der Waals surface area contributed by atoms with Crippen LogP contribution in [0.3, 0.4) is 0 Å². The largest absolute Gasteiger partial charge is 0.313 e. The van der Waals surface area contributed by atoms with Gasteiger partial charge in [0.25, 0.3) is 0 Å². The molecule has 0 fully saturated rings. The van der Waals surface area contributed by atoms with Crippen molar-refractivity contribution in [3.63, 3.8) is 0 Å². The lowest BCUT2D eigenvalue weighted by molar-refractivity contribution is 0.578. The summed E-state index contributed by atoms with van der Waals surface area (Å²) >= 11 is 1.45. The molecule has 0 unspecified atom stereocenters. The van der Waals surface area contributed by atoms with Crippen LogP contribution in [0.1, 0.15) is 23.2 Å². The van der Waals surface area contributed by atoms with Crippen LogP contribution >= 0.6 is 11.3 Å². The molecule has 1 heterocycles. The lowest BCUT2D eigenvalue weighted by Gasteiger charge is -2.11. The number of hydrogen-bond acceptors (Lipinski definition) is 5. The van der Waals surface area contributed by atoms with E-state index in [2.05, 4.69) is 15.0 Å². The summed E-state index contributed by atoms with van der Waals surface area (Å²) in [6.07, 6.45) is 0. The highest BCUT2D eigenvalue weighted by atomic mass is 32.2. The number of nitrogens with zero attached hydrogens (tertiary/aromatic N) is 1. The molecule has 0 atom stereocenters. The molecular formula is C14H19N3O2S2. The molecule has 114 valence electrons. The van der Waals surface area contributed by atoms with Crippen molar-refractivity contribution in [2.75, 3.05) is 6.54 Å². The average Bonchev–Trinajstić information content (AvgIpc) is 2.89. The van der Waals surface area contributed by atoms with Gasteiger partial charge in [-0.05, 0) is 25.1 Å². The summed E-state index contributed by atoms with van der Waals surface area (Å²) < 4.78 is 27.5. The Hall–Kier alpha value is -1.28. The molecule has 21 heavy (non-hydrogen) atoms. The molecule has 0 aliphatic rings.